The van der Waals surface area contributed by atoms with E-state index in [-0.39, 0.29) is 45.8 Å². The van der Waals surface area contributed by atoms with Gasteiger partial charge in [-0.3, -0.25) is 13.9 Å². The number of carbonyl (C=O) groups is 1. The maximum Gasteiger partial charge on any atom is 0.412 e. The van der Waals surface area contributed by atoms with Gasteiger partial charge in [-0.1, -0.05) is 16.8 Å². The number of aromatic amines is 1. The van der Waals surface area contributed by atoms with E-state index in [1.54, 1.807) is 6.92 Å². The first kappa shape index (κ1) is 28.4. The van der Waals surface area contributed by atoms with Gasteiger partial charge in [0.2, 0.25) is 0 Å². The van der Waals surface area contributed by atoms with Crippen molar-refractivity contribution in [1.82, 2.24) is 30.4 Å². The number of nitrogens with one attached hydrogen (secondary N) is 1. The number of halogens is 4. The number of fused-ring (bicyclic) bond motifs is 1. The summed E-state index contributed by atoms with van der Waals surface area (Å²) >= 11 is 6.15. The zero-order valence-electron chi connectivity index (χ0n) is 20.8. The second-order valence-corrected chi connectivity index (χ2v) is 11.3. The van der Waals surface area contributed by atoms with Crippen LogP contribution in [-0.4, -0.2) is 74.4 Å². The SMILES string of the molecule is CCn1cc(S(=O)(=O)N2C[C@H](CCc3nn[nH]n3)Oc3ccc(N(C(=O)O)C(C)(C)C(F)(F)F)cc32)c(Cl)n1. The van der Waals surface area contributed by atoms with Crippen LogP contribution < -0.4 is 13.9 Å². The average Bonchev–Trinajstić information content (AvgIpc) is 3.51. The van der Waals surface area contributed by atoms with Crippen molar-refractivity contribution >= 4 is 39.1 Å². The van der Waals surface area contributed by atoms with Gasteiger partial charge < -0.3 is 9.84 Å². The Kier molecular flexibility index (Phi) is 7.41. The first-order chi connectivity index (χ1) is 18.2. The number of sulfonamides is 1. The van der Waals surface area contributed by atoms with Crippen molar-refractivity contribution in [3.8, 4) is 5.75 Å². The standard InChI is InChI=1S/C21H24ClF3N8O5S/c1-4-31-11-16(18(22)28-31)39(36,37)32-10-13(6-8-17-26-29-30-27-17)38-15-7-5-12(9-14(15)32)33(19(34)35)20(2,3)21(23,24)25/h5,7,9,11,13H,4,6,8,10H2,1-3H3,(H,34,35)(H,26,27,29,30)/t13-/m0/s1. The van der Waals surface area contributed by atoms with Gasteiger partial charge in [-0.05, 0) is 45.4 Å². The minimum Gasteiger partial charge on any atom is -0.486 e. The third-order valence-corrected chi connectivity index (χ3v) is 8.41. The molecular formula is C21H24ClF3N8O5S. The van der Waals surface area contributed by atoms with Crippen LogP contribution >= 0.6 is 11.6 Å². The molecule has 1 amide bonds. The number of hydrogen-bond donors (Lipinski definition) is 2. The fourth-order valence-electron chi connectivity index (χ4n) is 4.03. The maximum absolute atomic E-state index is 13.8. The number of nitrogens with zero attached hydrogens (tertiary/aromatic N) is 7. The topological polar surface area (TPSA) is 159 Å². The molecule has 39 heavy (non-hydrogen) atoms. The summed E-state index contributed by atoms with van der Waals surface area (Å²) in [5, 5.41) is 26.9. The molecule has 0 bridgehead atoms. The molecule has 0 aliphatic carbocycles. The Morgan fingerprint density at radius 3 is 2.62 bits per heavy atom. The van der Waals surface area contributed by atoms with Gasteiger partial charge in [-0.25, -0.2) is 13.2 Å². The second kappa shape index (κ2) is 10.2. The molecule has 1 aliphatic rings. The summed E-state index contributed by atoms with van der Waals surface area (Å²) in [6.07, 6.45) is -5.76. The van der Waals surface area contributed by atoms with Gasteiger partial charge in [0, 0.05) is 19.2 Å². The van der Waals surface area contributed by atoms with Gasteiger partial charge in [0.1, 0.15) is 22.3 Å². The molecule has 2 N–H and O–H groups in total. The second-order valence-electron chi connectivity index (χ2n) is 9.11. The highest BCUT2D eigenvalue weighted by Gasteiger charge is 2.54. The van der Waals surface area contributed by atoms with Gasteiger partial charge in [-0.2, -0.15) is 23.5 Å². The summed E-state index contributed by atoms with van der Waals surface area (Å²) in [5.74, 6) is 0.383. The van der Waals surface area contributed by atoms with E-state index in [2.05, 4.69) is 25.7 Å². The Labute approximate surface area is 225 Å². The lowest BCUT2D eigenvalue weighted by atomic mass is 10.0. The predicted octanol–water partition coefficient (Wildman–Crippen LogP) is 3.48. The van der Waals surface area contributed by atoms with Crippen molar-refractivity contribution in [3.05, 3.63) is 35.4 Å². The molecular weight excluding hydrogens is 569 g/mol. The summed E-state index contributed by atoms with van der Waals surface area (Å²) in [4.78, 5) is 11.8. The molecule has 1 atom stereocenters. The number of carboxylic acid groups (broad SMARTS) is 1. The van der Waals surface area contributed by atoms with Crippen LogP contribution in [0.25, 0.3) is 0 Å². The largest absolute Gasteiger partial charge is 0.486 e. The zero-order chi connectivity index (χ0) is 28.8. The Morgan fingerprint density at radius 2 is 2.05 bits per heavy atom. The number of benzene rings is 1. The molecule has 4 rings (SSSR count). The Bertz CT molecular complexity index is 1460. The lowest BCUT2D eigenvalue weighted by Crippen LogP contribution is -2.57. The van der Waals surface area contributed by atoms with E-state index in [4.69, 9.17) is 16.3 Å². The van der Waals surface area contributed by atoms with E-state index >= 15 is 0 Å². The average molecular weight is 593 g/mol. The van der Waals surface area contributed by atoms with E-state index < -0.39 is 39.6 Å². The van der Waals surface area contributed by atoms with Crippen LogP contribution in [0.4, 0.5) is 29.3 Å². The highest BCUT2D eigenvalue weighted by atomic mass is 35.5. The highest BCUT2D eigenvalue weighted by Crippen LogP contribution is 2.44. The summed E-state index contributed by atoms with van der Waals surface area (Å²) in [6.45, 7) is 3.20. The molecule has 0 fully saturated rings. The Morgan fingerprint density at radius 1 is 1.33 bits per heavy atom. The number of amides is 1. The van der Waals surface area contributed by atoms with Crippen molar-refractivity contribution in [2.45, 2.75) is 62.9 Å². The molecule has 0 saturated carbocycles. The first-order valence-electron chi connectivity index (χ1n) is 11.6. The normalized spacial score (nSPS) is 16.1. The van der Waals surface area contributed by atoms with E-state index in [9.17, 15) is 31.5 Å². The van der Waals surface area contributed by atoms with Crippen LogP contribution in [0.2, 0.25) is 5.15 Å². The number of H-pyrrole nitrogens is 1. The zero-order valence-corrected chi connectivity index (χ0v) is 22.4. The number of alkyl halides is 3. The van der Waals surface area contributed by atoms with E-state index in [0.717, 1.165) is 16.4 Å². The van der Waals surface area contributed by atoms with Crippen molar-refractivity contribution < 1.29 is 36.2 Å². The van der Waals surface area contributed by atoms with Crippen LogP contribution in [0, 0.1) is 0 Å². The Hall–Kier alpha value is -3.60. The van der Waals surface area contributed by atoms with Gasteiger partial charge in [-0.15, -0.1) is 10.2 Å². The molecule has 0 saturated heterocycles. The molecule has 0 unspecified atom stereocenters. The van der Waals surface area contributed by atoms with Gasteiger partial charge in [0.05, 0.1) is 17.9 Å². The van der Waals surface area contributed by atoms with Gasteiger partial charge >= 0.3 is 12.3 Å². The summed E-state index contributed by atoms with van der Waals surface area (Å²) in [5.41, 5.74) is -3.41. The van der Waals surface area contributed by atoms with Crippen LogP contribution in [0.1, 0.15) is 33.0 Å². The highest BCUT2D eigenvalue weighted by molar-refractivity contribution is 7.93. The number of ether oxygens (including phenoxy) is 1. The van der Waals surface area contributed by atoms with Gasteiger partial charge in [0.15, 0.2) is 11.0 Å². The van der Waals surface area contributed by atoms with Crippen molar-refractivity contribution in [3.63, 3.8) is 0 Å². The molecule has 2 aromatic heterocycles. The molecule has 3 heterocycles. The third-order valence-electron chi connectivity index (χ3n) is 6.23. The molecule has 18 heteroatoms. The lowest BCUT2D eigenvalue weighted by molar-refractivity contribution is -0.175. The maximum atomic E-state index is 13.8. The van der Waals surface area contributed by atoms with Crippen molar-refractivity contribution in [1.29, 1.82) is 0 Å². The third kappa shape index (κ3) is 5.32. The van der Waals surface area contributed by atoms with Crippen molar-refractivity contribution in [2.75, 3.05) is 15.7 Å². The van der Waals surface area contributed by atoms with E-state index in [1.165, 1.54) is 16.9 Å². The van der Waals surface area contributed by atoms with E-state index in [1.807, 2.05) is 0 Å². The predicted molar refractivity (Wildman–Crippen MR) is 131 cm³/mol. The molecule has 212 valence electrons. The monoisotopic (exact) mass is 592 g/mol. The van der Waals surface area contributed by atoms with Gasteiger partial charge in [0.25, 0.3) is 10.0 Å². The van der Waals surface area contributed by atoms with Crippen LogP contribution in [0.15, 0.2) is 29.3 Å². The smallest absolute Gasteiger partial charge is 0.412 e. The van der Waals surface area contributed by atoms with E-state index in [0.29, 0.717) is 26.2 Å². The minimum absolute atomic E-state index is 0.0147. The lowest BCUT2D eigenvalue weighted by Gasteiger charge is -2.39. The molecule has 1 aromatic carbocycles. The molecule has 0 radical (unpaired) electrons. The summed E-state index contributed by atoms with van der Waals surface area (Å²) in [6, 6.07) is 3.38. The fraction of sp³-hybridized carbons (Fsp3) is 0.476. The Balaban J connectivity index is 1.81. The molecule has 3 aromatic rings. The number of aryl methyl sites for hydroxylation is 2. The molecule has 1 aliphatic heterocycles. The number of tetrazole rings is 1. The number of hydrogen-bond acceptors (Lipinski definition) is 8. The minimum atomic E-state index is -4.94. The van der Waals surface area contributed by atoms with Crippen LogP contribution in [0.3, 0.4) is 0 Å². The summed E-state index contributed by atoms with van der Waals surface area (Å²) in [7, 11) is -4.43. The summed E-state index contributed by atoms with van der Waals surface area (Å²) < 4.78 is 77.3. The van der Waals surface area contributed by atoms with Crippen molar-refractivity contribution in [2.24, 2.45) is 0 Å². The first-order valence-corrected chi connectivity index (χ1v) is 13.4. The van der Waals surface area contributed by atoms with Crippen LogP contribution in [0.5, 0.6) is 5.75 Å². The fourth-order valence-corrected chi connectivity index (χ4v) is 5.98. The number of rotatable bonds is 8. The molecule has 0 spiro atoms. The number of anilines is 2. The quantitative estimate of drug-likeness (QED) is 0.399. The number of aromatic nitrogens is 6. The van der Waals surface area contributed by atoms with Crippen LogP contribution in [-0.2, 0) is 23.0 Å². The molecule has 13 nitrogen and oxygen atoms in total.